The van der Waals surface area contributed by atoms with Gasteiger partial charge in [-0.25, -0.2) is 0 Å². The highest BCUT2D eigenvalue weighted by Gasteiger charge is 2.48. The Morgan fingerprint density at radius 1 is 1.00 bits per heavy atom. The topological polar surface area (TPSA) is 43.8 Å². The van der Waals surface area contributed by atoms with E-state index in [9.17, 15) is 9.90 Å². The van der Waals surface area contributed by atoms with Gasteiger partial charge in [-0.05, 0) is 43.9 Å². The van der Waals surface area contributed by atoms with Crippen LogP contribution in [0.4, 0.5) is 0 Å². The molecule has 106 valence electrons. The van der Waals surface area contributed by atoms with Gasteiger partial charge in [-0.3, -0.25) is 9.69 Å². The molecule has 4 aliphatic heterocycles. The van der Waals surface area contributed by atoms with Crippen LogP contribution >= 0.6 is 0 Å². The third-order valence-electron chi connectivity index (χ3n) is 5.92. The predicted molar refractivity (Wildman–Crippen MR) is 71.6 cm³/mol. The molecule has 1 amide bonds. The normalized spacial score (nSPS) is 46.7. The molecule has 5 atom stereocenters. The Balaban J connectivity index is 1.57. The molecule has 4 aliphatic rings. The Morgan fingerprint density at radius 3 is 2.74 bits per heavy atom. The van der Waals surface area contributed by atoms with Gasteiger partial charge in [0.2, 0.25) is 5.91 Å². The van der Waals surface area contributed by atoms with Gasteiger partial charge in [0.15, 0.2) is 0 Å². The van der Waals surface area contributed by atoms with Gasteiger partial charge in [-0.15, -0.1) is 0 Å². The van der Waals surface area contributed by atoms with E-state index in [1.165, 1.54) is 12.8 Å². The zero-order valence-corrected chi connectivity index (χ0v) is 11.5. The number of aliphatic hydroxyl groups excluding tert-OH is 1. The SMILES string of the molecule is O=C1CCC[C@@H]2[C@H]3C[C@@H](CN12)[C@@H]1CC[C@H](O)CN1C3. The highest BCUT2D eigenvalue weighted by Crippen LogP contribution is 2.42. The first kappa shape index (κ1) is 12.2. The van der Waals surface area contributed by atoms with Crippen molar-refractivity contribution in [3.63, 3.8) is 0 Å². The number of aliphatic hydroxyl groups is 1. The highest BCUT2D eigenvalue weighted by molar-refractivity contribution is 5.77. The Hall–Kier alpha value is -0.610. The van der Waals surface area contributed by atoms with Crippen LogP contribution in [-0.2, 0) is 4.79 Å². The largest absolute Gasteiger partial charge is 0.392 e. The maximum atomic E-state index is 12.1. The van der Waals surface area contributed by atoms with Gasteiger partial charge in [0, 0.05) is 38.1 Å². The minimum absolute atomic E-state index is 0.126. The second-order valence-corrected chi connectivity index (χ2v) is 7.01. The average molecular weight is 264 g/mol. The molecule has 0 aliphatic carbocycles. The highest BCUT2D eigenvalue weighted by atomic mass is 16.3. The summed E-state index contributed by atoms with van der Waals surface area (Å²) in [5, 5.41) is 9.88. The van der Waals surface area contributed by atoms with Crippen LogP contribution in [0.5, 0.6) is 0 Å². The molecule has 0 aromatic rings. The number of fused-ring (bicyclic) bond motifs is 6. The van der Waals surface area contributed by atoms with Gasteiger partial charge >= 0.3 is 0 Å². The molecule has 4 rings (SSSR count). The maximum absolute atomic E-state index is 12.1. The summed E-state index contributed by atoms with van der Waals surface area (Å²) >= 11 is 0. The number of carbonyl (C=O) groups excluding carboxylic acids is 1. The lowest BCUT2D eigenvalue weighted by Gasteiger charge is -2.57. The van der Waals surface area contributed by atoms with Crippen LogP contribution in [0.15, 0.2) is 0 Å². The number of hydrogen-bond donors (Lipinski definition) is 1. The van der Waals surface area contributed by atoms with E-state index in [0.29, 0.717) is 29.8 Å². The fraction of sp³-hybridized carbons (Fsp3) is 0.933. The molecule has 4 heteroatoms. The van der Waals surface area contributed by atoms with E-state index in [0.717, 1.165) is 45.3 Å². The monoisotopic (exact) mass is 264 g/mol. The lowest BCUT2D eigenvalue weighted by atomic mass is 9.70. The van der Waals surface area contributed by atoms with Crippen molar-refractivity contribution < 1.29 is 9.90 Å². The molecule has 4 saturated heterocycles. The third kappa shape index (κ3) is 1.91. The van der Waals surface area contributed by atoms with E-state index >= 15 is 0 Å². The van der Waals surface area contributed by atoms with Crippen molar-refractivity contribution in [1.29, 1.82) is 0 Å². The van der Waals surface area contributed by atoms with E-state index in [4.69, 9.17) is 0 Å². The van der Waals surface area contributed by atoms with Crippen LogP contribution in [0.3, 0.4) is 0 Å². The third-order valence-corrected chi connectivity index (χ3v) is 5.92. The van der Waals surface area contributed by atoms with Gasteiger partial charge in [-0.1, -0.05) is 0 Å². The summed E-state index contributed by atoms with van der Waals surface area (Å²) in [6.45, 7) is 2.95. The van der Waals surface area contributed by atoms with Crippen LogP contribution in [0.1, 0.15) is 38.5 Å². The van der Waals surface area contributed by atoms with Crippen molar-refractivity contribution in [3.8, 4) is 0 Å². The van der Waals surface area contributed by atoms with Crippen molar-refractivity contribution in [3.05, 3.63) is 0 Å². The van der Waals surface area contributed by atoms with Crippen LogP contribution in [0.25, 0.3) is 0 Å². The molecule has 0 radical (unpaired) electrons. The van der Waals surface area contributed by atoms with E-state index in [-0.39, 0.29) is 6.10 Å². The Morgan fingerprint density at radius 2 is 1.84 bits per heavy atom. The molecule has 0 aromatic carbocycles. The lowest BCUT2D eigenvalue weighted by molar-refractivity contribution is -0.150. The Labute approximate surface area is 114 Å². The van der Waals surface area contributed by atoms with Crippen molar-refractivity contribution in [2.75, 3.05) is 19.6 Å². The van der Waals surface area contributed by atoms with E-state index < -0.39 is 0 Å². The Kier molecular flexibility index (Phi) is 2.85. The number of nitrogens with zero attached hydrogens (tertiary/aromatic N) is 2. The zero-order valence-electron chi connectivity index (χ0n) is 11.5. The van der Waals surface area contributed by atoms with Crippen LogP contribution in [-0.4, -0.2) is 58.6 Å². The second-order valence-electron chi connectivity index (χ2n) is 7.01. The van der Waals surface area contributed by atoms with E-state index in [1.54, 1.807) is 0 Å². The summed E-state index contributed by atoms with van der Waals surface area (Å²) in [4.78, 5) is 16.9. The average Bonchev–Trinajstić information content (AvgIpc) is 2.40. The summed E-state index contributed by atoms with van der Waals surface area (Å²) in [5.41, 5.74) is 0. The molecule has 1 N–H and O–H groups in total. The van der Waals surface area contributed by atoms with E-state index in [1.807, 2.05) is 0 Å². The molecule has 2 bridgehead atoms. The lowest BCUT2D eigenvalue weighted by Crippen LogP contribution is -2.65. The Bertz CT molecular complexity index is 386. The molecule has 0 unspecified atom stereocenters. The standard InChI is InChI=1S/C15H24N2O2/c18-12-4-5-13-11-6-10(7-16(13)9-12)14-2-1-3-15(19)17(14)8-11/h10-14,18H,1-9H2/t10-,11-,12-,13-,14+/m0/s1. The smallest absolute Gasteiger partial charge is 0.222 e. The van der Waals surface area contributed by atoms with Crippen LogP contribution in [0.2, 0.25) is 0 Å². The fourth-order valence-electron chi connectivity index (χ4n) is 5.11. The minimum atomic E-state index is -0.126. The molecule has 4 fully saturated rings. The summed E-state index contributed by atoms with van der Waals surface area (Å²) in [7, 11) is 0. The summed E-state index contributed by atoms with van der Waals surface area (Å²) < 4.78 is 0. The van der Waals surface area contributed by atoms with Crippen molar-refractivity contribution in [1.82, 2.24) is 9.80 Å². The predicted octanol–water partition coefficient (Wildman–Crippen LogP) is 0.843. The molecule has 0 saturated carbocycles. The van der Waals surface area contributed by atoms with Gasteiger partial charge in [-0.2, -0.15) is 0 Å². The van der Waals surface area contributed by atoms with Gasteiger partial charge in [0.05, 0.1) is 6.10 Å². The van der Waals surface area contributed by atoms with Crippen molar-refractivity contribution in [2.24, 2.45) is 11.8 Å². The number of carbonyl (C=O) groups is 1. The van der Waals surface area contributed by atoms with Gasteiger partial charge < -0.3 is 10.0 Å². The van der Waals surface area contributed by atoms with Crippen molar-refractivity contribution in [2.45, 2.75) is 56.7 Å². The van der Waals surface area contributed by atoms with Gasteiger partial charge in [0.1, 0.15) is 0 Å². The first-order valence-electron chi connectivity index (χ1n) is 7.94. The van der Waals surface area contributed by atoms with Crippen LogP contribution in [0, 0.1) is 11.8 Å². The zero-order chi connectivity index (χ0) is 13.0. The summed E-state index contributed by atoms with van der Waals surface area (Å²) in [5.74, 6) is 1.71. The first-order chi connectivity index (χ1) is 9.22. The van der Waals surface area contributed by atoms with Crippen LogP contribution < -0.4 is 0 Å². The summed E-state index contributed by atoms with van der Waals surface area (Å²) in [6, 6.07) is 1.12. The number of hydrogen-bond acceptors (Lipinski definition) is 3. The first-order valence-corrected chi connectivity index (χ1v) is 7.94. The molecular formula is C15H24N2O2. The number of piperidine rings is 4. The molecule has 0 aromatic heterocycles. The molecular weight excluding hydrogens is 240 g/mol. The van der Waals surface area contributed by atoms with E-state index in [2.05, 4.69) is 9.80 Å². The quantitative estimate of drug-likeness (QED) is 0.705. The fourth-order valence-corrected chi connectivity index (χ4v) is 5.11. The molecule has 4 nitrogen and oxygen atoms in total. The molecule has 4 heterocycles. The maximum Gasteiger partial charge on any atom is 0.222 e. The summed E-state index contributed by atoms with van der Waals surface area (Å²) in [6.07, 6.45) is 6.29. The molecule has 0 spiro atoms. The molecule has 19 heavy (non-hydrogen) atoms. The van der Waals surface area contributed by atoms with Crippen molar-refractivity contribution >= 4 is 5.91 Å². The van der Waals surface area contributed by atoms with Gasteiger partial charge in [0.25, 0.3) is 0 Å². The number of rotatable bonds is 0. The second kappa shape index (κ2) is 4.45. The number of amides is 1. The minimum Gasteiger partial charge on any atom is -0.392 e.